The van der Waals surface area contributed by atoms with Crippen molar-refractivity contribution in [2.75, 3.05) is 0 Å². The molecule has 0 aliphatic carbocycles. The van der Waals surface area contributed by atoms with E-state index in [1.165, 1.54) is 18.5 Å². The number of carboxylic acid groups (broad SMARTS) is 1. The van der Waals surface area contributed by atoms with Gasteiger partial charge in [0.05, 0.1) is 11.1 Å². The number of nitrogens with zero attached hydrogens (tertiary/aromatic N) is 3. The van der Waals surface area contributed by atoms with Crippen LogP contribution in [-0.2, 0) is 4.79 Å². The summed E-state index contributed by atoms with van der Waals surface area (Å²) in [5.41, 5.74) is 0.697. The normalized spacial score (nSPS) is 9.24. The van der Waals surface area contributed by atoms with Gasteiger partial charge in [0.25, 0.3) is 0 Å². The van der Waals surface area contributed by atoms with Crippen LogP contribution in [0.4, 0.5) is 13.2 Å². The number of carbonyl (C=O) groups is 1. The SMILES string of the molecule is N#Cc1ccncc1C#N.O=C(O)C(F)(F)F. The molecule has 17 heavy (non-hydrogen) atoms. The third kappa shape index (κ3) is 5.14. The number of rotatable bonds is 0. The van der Waals surface area contributed by atoms with Gasteiger partial charge >= 0.3 is 12.1 Å². The van der Waals surface area contributed by atoms with E-state index in [0.717, 1.165) is 0 Å². The number of aliphatic carboxylic acids is 1. The fourth-order valence-corrected chi connectivity index (χ4v) is 0.581. The highest BCUT2D eigenvalue weighted by Crippen LogP contribution is 2.13. The predicted octanol–water partition coefficient (Wildman–Crippen LogP) is 1.46. The molecular weight excluding hydrogens is 239 g/mol. The molecule has 0 aliphatic heterocycles. The number of carboxylic acids is 1. The molecule has 0 radical (unpaired) electrons. The third-order valence-corrected chi connectivity index (χ3v) is 1.30. The minimum Gasteiger partial charge on any atom is -0.475 e. The molecule has 0 bridgehead atoms. The number of pyridine rings is 1. The molecule has 0 aliphatic rings. The van der Waals surface area contributed by atoms with E-state index in [1.807, 2.05) is 12.1 Å². The Labute approximate surface area is 93.4 Å². The molecule has 1 rings (SSSR count). The number of hydrogen-bond donors (Lipinski definition) is 1. The summed E-state index contributed by atoms with van der Waals surface area (Å²) in [7, 11) is 0. The van der Waals surface area contributed by atoms with Gasteiger partial charge in [-0.25, -0.2) is 4.79 Å². The lowest BCUT2D eigenvalue weighted by atomic mass is 10.2. The van der Waals surface area contributed by atoms with Gasteiger partial charge in [0.1, 0.15) is 12.1 Å². The molecule has 0 atom stereocenters. The zero-order valence-corrected chi connectivity index (χ0v) is 8.06. The summed E-state index contributed by atoms with van der Waals surface area (Å²) in [6.07, 6.45) is -2.22. The number of hydrogen-bond acceptors (Lipinski definition) is 4. The van der Waals surface area contributed by atoms with Crippen LogP contribution in [0, 0.1) is 22.7 Å². The molecule has 0 aromatic carbocycles. The number of aromatic nitrogens is 1. The van der Waals surface area contributed by atoms with Gasteiger partial charge in [0, 0.05) is 12.4 Å². The van der Waals surface area contributed by atoms with Crippen molar-refractivity contribution in [3.63, 3.8) is 0 Å². The van der Waals surface area contributed by atoms with Crippen LogP contribution in [0.5, 0.6) is 0 Å². The van der Waals surface area contributed by atoms with Gasteiger partial charge in [-0.1, -0.05) is 0 Å². The highest BCUT2D eigenvalue weighted by Gasteiger charge is 2.38. The summed E-state index contributed by atoms with van der Waals surface area (Å²) in [5, 5.41) is 24.0. The lowest BCUT2D eigenvalue weighted by Crippen LogP contribution is -2.21. The second-order valence-electron chi connectivity index (χ2n) is 2.45. The first-order valence-electron chi connectivity index (χ1n) is 3.87. The third-order valence-electron chi connectivity index (χ3n) is 1.30. The minimum absolute atomic E-state index is 0.324. The Morgan fingerprint density at radius 2 is 1.76 bits per heavy atom. The average Bonchev–Trinajstić information content (AvgIpc) is 2.28. The monoisotopic (exact) mass is 243 g/mol. The molecule has 0 saturated heterocycles. The van der Waals surface area contributed by atoms with Crippen molar-refractivity contribution in [1.82, 2.24) is 4.98 Å². The Hall–Kier alpha value is -2.61. The standard InChI is InChI=1S/C7H3N3.C2HF3O2/c8-3-6-1-2-10-5-7(6)4-9;3-2(4,5)1(6)7/h1-2,5H;(H,6,7). The molecule has 0 spiro atoms. The Balaban J connectivity index is 0.000000325. The summed E-state index contributed by atoms with van der Waals surface area (Å²) < 4.78 is 31.7. The molecule has 0 unspecified atom stereocenters. The number of halogens is 3. The second kappa shape index (κ2) is 6.08. The second-order valence-corrected chi connectivity index (χ2v) is 2.45. The van der Waals surface area contributed by atoms with Gasteiger partial charge in [-0.3, -0.25) is 4.98 Å². The zero-order chi connectivity index (χ0) is 13.5. The molecule has 1 N–H and O–H groups in total. The first-order valence-corrected chi connectivity index (χ1v) is 3.87. The van der Waals surface area contributed by atoms with E-state index in [2.05, 4.69) is 4.98 Å². The lowest BCUT2D eigenvalue weighted by molar-refractivity contribution is -0.192. The van der Waals surface area contributed by atoms with E-state index in [0.29, 0.717) is 11.1 Å². The van der Waals surface area contributed by atoms with Gasteiger partial charge < -0.3 is 5.11 Å². The molecule has 0 saturated carbocycles. The maximum Gasteiger partial charge on any atom is 0.490 e. The minimum atomic E-state index is -5.08. The first-order chi connectivity index (χ1) is 7.82. The van der Waals surface area contributed by atoms with Crippen molar-refractivity contribution < 1.29 is 23.1 Å². The summed E-state index contributed by atoms with van der Waals surface area (Å²) >= 11 is 0. The van der Waals surface area contributed by atoms with E-state index >= 15 is 0 Å². The molecule has 8 heteroatoms. The Morgan fingerprint density at radius 3 is 2.06 bits per heavy atom. The van der Waals surface area contributed by atoms with Crippen LogP contribution >= 0.6 is 0 Å². The van der Waals surface area contributed by atoms with Crippen molar-refractivity contribution in [1.29, 1.82) is 10.5 Å². The van der Waals surface area contributed by atoms with Crippen molar-refractivity contribution in [2.24, 2.45) is 0 Å². The van der Waals surface area contributed by atoms with Gasteiger partial charge in [-0.05, 0) is 6.07 Å². The summed E-state index contributed by atoms with van der Waals surface area (Å²) in [4.78, 5) is 12.6. The topological polar surface area (TPSA) is 97.8 Å². The molecule has 0 amide bonds. The smallest absolute Gasteiger partial charge is 0.475 e. The quantitative estimate of drug-likeness (QED) is 0.743. The maximum atomic E-state index is 10.6. The van der Waals surface area contributed by atoms with E-state index in [9.17, 15) is 13.2 Å². The zero-order valence-electron chi connectivity index (χ0n) is 8.06. The van der Waals surface area contributed by atoms with E-state index in [4.69, 9.17) is 20.4 Å². The lowest BCUT2D eigenvalue weighted by Gasteiger charge is -1.93. The molecule has 88 valence electrons. The van der Waals surface area contributed by atoms with E-state index in [1.54, 1.807) is 0 Å². The fraction of sp³-hybridized carbons (Fsp3) is 0.111. The Kier molecular flexibility index (Phi) is 5.14. The van der Waals surface area contributed by atoms with Crippen molar-refractivity contribution in [3.05, 3.63) is 29.6 Å². The largest absolute Gasteiger partial charge is 0.490 e. The Morgan fingerprint density at radius 1 is 1.29 bits per heavy atom. The van der Waals surface area contributed by atoms with Crippen LogP contribution < -0.4 is 0 Å². The van der Waals surface area contributed by atoms with Crippen LogP contribution in [0.15, 0.2) is 18.5 Å². The molecule has 1 aromatic rings. The molecule has 1 heterocycles. The first kappa shape index (κ1) is 14.4. The molecule has 5 nitrogen and oxygen atoms in total. The predicted molar refractivity (Wildman–Crippen MR) is 47.4 cm³/mol. The van der Waals surface area contributed by atoms with Crippen LogP contribution in [0.1, 0.15) is 11.1 Å². The van der Waals surface area contributed by atoms with E-state index < -0.39 is 12.1 Å². The van der Waals surface area contributed by atoms with Crippen LogP contribution in [0.25, 0.3) is 0 Å². The average molecular weight is 243 g/mol. The highest BCUT2D eigenvalue weighted by molar-refractivity contribution is 5.73. The summed E-state index contributed by atoms with van der Waals surface area (Å²) in [6.45, 7) is 0. The summed E-state index contributed by atoms with van der Waals surface area (Å²) in [5.74, 6) is -2.76. The Bertz CT molecular complexity index is 452. The van der Waals surface area contributed by atoms with Gasteiger partial charge in [0.15, 0.2) is 0 Å². The van der Waals surface area contributed by atoms with Crippen LogP contribution in [0.3, 0.4) is 0 Å². The van der Waals surface area contributed by atoms with Crippen molar-refractivity contribution in [2.45, 2.75) is 6.18 Å². The number of alkyl halides is 3. The maximum absolute atomic E-state index is 10.6. The fourth-order valence-electron chi connectivity index (χ4n) is 0.581. The van der Waals surface area contributed by atoms with E-state index in [-0.39, 0.29) is 0 Å². The van der Waals surface area contributed by atoms with Gasteiger partial charge in [0.2, 0.25) is 0 Å². The van der Waals surface area contributed by atoms with Crippen molar-refractivity contribution in [3.8, 4) is 12.1 Å². The highest BCUT2D eigenvalue weighted by atomic mass is 19.4. The van der Waals surface area contributed by atoms with Crippen LogP contribution in [-0.4, -0.2) is 22.2 Å². The van der Waals surface area contributed by atoms with Crippen LogP contribution in [0.2, 0.25) is 0 Å². The molecular formula is C9H4F3N3O2. The van der Waals surface area contributed by atoms with Gasteiger partial charge in [-0.15, -0.1) is 0 Å². The molecule has 0 fully saturated rings. The van der Waals surface area contributed by atoms with Crippen molar-refractivity contribution >= 4 is 5.97 Å². The van der Waals surface area contributed by atoms with Gasteiger partial charge in [-0.2, -0.15) is 23.7 Å². The molecule has 1 aromatic heterocycles. The summed E-state index contributed by atoms with van der Waals surface area (Å²) in [6, 6.07) is 5.26. The number of nitriles is 2.